The fraction of sp³-hybridized carbons (Fsp3) is 0.0952. The molecule has 4 aromatic rings. The van der Waals surface area contributed by atoms with Crippen molar-refractivity contribution in [1.29, 1.82) is 0 Å². The van der Waals surface area contributed by atoms with Gasteiger partial charge in [-0.2, -0.15) is 0 Å². The number of benzene rings is 1. The molecule has 3 heterocycles. The highest BCUT2D eigenvalue weighted by molar-refractivity contribution is 5.93. The van der Waals surface area contributed by atoms with Crippen LogP contribution in [0.4, 0.5) is 0 Å². The van der Waals surface area contributed by atoms with Crippen molar-refractivity contribution in [2.75, 3.05) is 7.11 Å². The number of hydrogen-bond acceptors (Lipinski definition) is 4. The van der Waals surface area contributed by atoms with Crippen LogP contribution in [0.3, 0.4) is 0 Å². The Morgan fingerprint density at radius 3 is 2.50 bits per heavy atom. The predicted octanol–water partition coefficient (Wildman–Crippen LogP) is 3.93. The first-order valence-electron chi connectivity index (χ1n) is 8.28. The molecule has 0 fully saturated rings. The number of carbonyl (C=O) groups is 1. The molecule has 26 heavy (non-hydrogen) atoms. The molecule has 0 atom stereocenters. The molecule has 0 aliphatic heterocycles. The van der Waals surface area contributed by atoms with Crippen LogP contribution in [0, 0.1) is 0 Å². The second-order valence-corrected chi connectivity index (χ2v) is 5.96. The van der Waals surface area contributed by atoms with Crippen LogP contribution in [0.25, 0.3) is 22.2 Å². The molecule has 0 unspecified atom stereocenters. The van der Waals surface area contributed by atoms with Gasteiger partial charge in [0.05, 0.1) is 12.7 Å². The van der Waals surface area contributed by atoms with E-state index >= 15 is 0 Å². The molecule has 128 valence electrons. The van der Waals surface area contributed by atoms with E-state index in [9.17, 15) is 4.79 Å². The van der Waals surface area contributed by atoms with Gasteiger partial charge in [-0.25, -0.2) is 9.78 Å². The molecule has 0 aliphatic rings. The highest BCUT2D eigenvalue weighted by Crippen LogP contribution is 2.28. The van der Waals surface area contributed by atoms with Gasteiger partial charge in [0.15, 0.2) is 0 Å². The summed E-state index contributed by atoms with van der Waals surface area (Å²) < 4.78 is 6.84. The van der Waals surface area contributed by atoms with Gasteiger partial charge in [-0.15, -0.1) is 0 Å². The van der Waals surface area contributed by atoms with Crippen molar-refractivity contribution in [3.05, 3.63) is 84.4 Å². The van der Waals surface area contributed by atoms with E-state index in [1.54, 1.807) is 24.5 Å². The van der Waals surface area contributed by atoms with E-state index in [0.29, 0.717) is 12.1 Å². The minimum atomic E-state index is -0.327. The van der Waals surface area contributed by atoms with Crippen molar-refractivity contribution < 1.29 is 9.53 Å². The molecule has 4 rings (SSSR count). The number of methoxy groups -OCH3 is 1. The maximum absolute atomic E-state index is 11.5. The van der Waals surface area contributed by atoms with E-state index < -0.39 is 0 Å². The number of hydrogen-bond donors (Lipinski definition) is 0. The number of carbonyl (C=O) groups excluding carboxylic acids is 1. The maximum atomic E-state index is 11.5. The summed E-state index contributed by atoms with van der Waals surface area (Å²) in [5.41, 5.74) is 4.82. The van der Waals surface area contributed by atoms with Crippen molar-refractivity contribution in [3.8, 4) is 11.1 Å². The number of aromatic nitrogens is 3. The van der Waals surface area contributed by atoms with Crippen LogP contribution in [-0.4, -0.2) is 27.6 Å². The average molecular weight is 343 g/mol. The summed E-state index contributed by atoms with van der Waals surface area (Å²) >= 11 is 0. The Labute approximate surface area is 150 Å². The van der Waals surface area contributed by atoms with Crippen LogP contribution in [0.5, 0.6) is 0 Å². The third-order valence-corrected chi connectivity index (χ3v) is 4.38. The van der Waals surface area contributed by atoms with E-state index in [0.717, 1.165) is 27.7 Å². The Morgan fingerprint density at radius 1 is 1.00 bits per heavy atom. The summed E-state index contributed by atoms with van der Waals surface area (Å²) in [6.45, 7) is 0.678. The third-order valence-electron chi connectivity index (χ3n) is 4.38. The lowest BCUT2D eigenvalue weighted by atomic mass is 10.1. The number of pyridine rings is 2. The highest BCUT2D eigenvalue weighted by atomic mass is 16.5. The fourth-order valence-corrected chi connectivity index (χ4v) is 3.06. The standard InChI is InChI=1S/C21H17N3O2/c1-26-21(25)17-4-2-15(3-5-17)14-24-13-9-19-18(8-12-23-20(19)24)16-6-10-22-11-7-16/h2-13H,14H2,1H3. The molecule has 3 aromatic heterocycles. The monoisotopic (exact) mass is 343 g/mol. The van der Waals surface area contributed by atoms with Gasteiger partial charge in [0, 0.05) is 36.7 Å². The molecule has 1 aromatic carbocycles. The molecule has 0 spiro atoms. The van der Waals surface area contributed by atoms with Crippen molar-refractivity contribution in [2.24, 2.45) is 0 Å². The normalized spacial score (nSPS) is 10.8. The molecule has 0 amide bonds. The first kappa shape index (κ1) is 16.0. The van der Waals surface area contributed by atoms with Gasteiger partial charge >= 0.3 is 5.97 Å². The number of ether oxygens (including phenoxy) is 1. The molecule has 5 heteroatoms. The van der Waals surface area contributed by atoms with Gasteiger partial charge in [-0.05, 0) is 53.1 Å². The fourth-order valence-electron chi connectivity index (χ4n) is 3.06. The molecular weight excluding hydrogens is 326 g/mol. The Bertz CT molecular complexity index is 1050. The van der Waals surface area contributed by atoms with E-state index in [-0.39, 0.29) is 5.97 Å². The lowest BCUT2D eigenvalue weighted by molar-refractivity contribution is 0.0600. The van der Waals surface area contributed by atoms with Crippen LogP contribution in [0.1, 0.15) is 15.9 Å². The smallest absolute Gasteiger partial charge is 0.337 e. The predicted molar refractivity (Wildman–Crippen MR) is 99.8 cm³/mol. The van der Waals surface area contributed by atoms with Crippen LogP contribution < -0.4 is 0 Å². The average Bonchev–Trinajstić information content (AvgIpc) is 3.11. The molecule has 5 nitrogen and oxygen atoms in total. The molecule has 0 radical (unpaired) electrons. The summed E-state index contributed by atoms with van der Waals surface area (Å²) in [6, 6.07) is 15.5. The third kappa shape index (κ3) is 2.95. The van der Waals surface area contributed by atoms with Crippen molar-refractivity contribution >= 4 is 17.0 Å². The SMILES string of the molecule is COC(=O)c1ccc(Cn2ccc3c(-c4ccncc4)ccnc32)cc1. The maximum Gasteiger partial charge on any atom is 0.337 e. The van der Waals surface area contributed by atoms with Crippen molar-refractivity contribution in [1.82, 2.24) is 14.5 Å². The number of esters is 1. The quantitative estimate of drug-likeness (QED) is 0.527. The molecular formula is C21H17N3O2. The van der Waals surface area contributed by atoms with Gasteiger partial charge in [0.2, 0.25) is 0 Å². The molecule has 0 saturated carbocycles. The van der Waals surface area contributed by atoms with Gasteiger partial charge in [0.1, 0.15) is 5.65 Å². The number of nitrogens with zero attached hydrogens (tertiary/aromatic N) is 3. The first-order valence-corrected chi connectivity index (χ1v) is 8.28. The molecule has 0 N–H and O–H groups in total. The van der Waals surface area contributed by atoms with Crippen LogP contribution in [0.15, 0.2) is 73.3 Å². The second kappa shape index (κ2) is 6.80. The molecule has 0 bridgehead atoms. The summed E-state index contributed by atoms with van der Waals surface area (Å²) in [4.78, 5) is 20.2. The lowest BCUT2D eigenvalue weighted by Crippen LogP contribution is -2.03. The largest absolute Gasteiger partial charge is 0.465 e. The second-order valence-electron chi connectivity index (χ2n) is 5.96. The number of fused-ring (bicyclic) bond motifs is 1. The Kier molecular flexibility index (Phi) is 4.19. The van der Waals surface area contributed by atoms with E-state index in [2.05, 4.69) is 20.6 Å². The Balaban J connectivity index is 1.67. The first-order chi connectivity index (χ1) is 12.8. The van der Waals surface area contributed by atoms with E-state index in [1.807, 2.05) is 42.7 Å². The Hall–Kier alpha value is -3.47. The van der Waals surface area contributed by atoms with Gasteiger partial charge in [-0.1, -0.05) is 12.1 Å². The molecule has 0 saturated heterocycles. The van der Waals surface area contributed by atoms with Crippen LogP contribution >= 0.6 is 0 Å². The Morgan fingerprint density at radius 2 is 1.77 bits per heavy atom. The summed E-state index contributed by atoms with van der Waals surface area (Å²) in [7, 11) is 1.38. The van der Waals surface area contributed by atoms with Gasteiger partial charge in [-0.3, -0.25) is 4.98 Å². The van der Waals surface area contributed by atoms with E-state index in [4.69, 9.17) is 4.74 Å². The summed E-state index contributed by atoms with van der Waals surface area (Å²) in [5.74, 6) is -0.327. The van der Waals surface area contributed by atoms with Crippen LogP contribution in [-0.2, 0) is 11.3 Å². The zero-order chi connectivity index (χ0) is 17.9. The summed E-state index contributed by atoms with van der Waals surface area (Å²) in [6.07, 6.45) is 7.45. The minimum absolute atomic E-state index is 0.327. The molecule has 0 aliphatic carbocycles. The number of rotatable bonds is 4. The van der Waals surface area contributed by atoms with E-state index in [1.165, 1.54) is 7.11 Å². The van der Waals surface area contributed by atoms with Crippen molar-refractivity contribution in [3.63, 3.8) is 0 Å². The van der Waals surface area contributed by atoms with Gasteiger partial charge < -0.3 is 9.30 Å². The topological polar surface area (TPSA) is 57.0 Å². The summed E-state index contributed by atoms with van der Waals surface area (Å²) in [5, 5.41) is 1.10. The zero-order valence-electron chi connectivity index (χ0n) is 14.3. The zero-order valence-corrected chi connectivity index (χ0v) is 14.3. The van der Waals surface area contributed by atoms with Crippen LogP contribution in [0.2, 0.25) is 0 Å². The van der Waals surface area contributed by atoms with Gasteiger partial charge in [0.25, 0.3) is 0 Å². The van der Waals surface area contributed by atoms with Crippen molar-refractivity contribution in [2.45, 2.75) is 6.54 Å². The minimum Gasteiger partial charge on any atom is -0.465 e. The lowest BCUT2D eigenvalue weighted by Gasteiger charge is -2.07. The highest BCUT2D eigenvalue weighted by Gasteiger charge is 2.10.